The number of halogens is 1. The van der Waals surface area contributed by atoms with E-state index < -0.39 is 4.92 Å². The summed E-state index contributed by atoms with van der Waals surface area (Å²) in [4.78, 5) is 10.1. The molecule has 0 heterocycles. The van der Waals surface area contributed by atoms with Gasteiger partial charge in [-0.1, -0.05) is 15.9 Å². The van der Waals surface area contributed by atoms with Crippen molar-refractivity contribution in [2.24, 2.45) is 5.73 Å². The first-order chi connectivity index (χ1) is 8.13. The number of nitro benzene ring substituents is 1. The lowest BCUT2D eigenvalue weighted by Gasteiger charge is -2.06. The van der Waals surface area contributed by atoms with E-state index in [4.69, 9.17) is 15.2 Å². The highest BCUT2D eigenvalue weighted by Gasteiger charge is 2.09. The Morgan fingerprint density at radius 1 is 1.29 bits per heavy atom. The fourth-order valence-electron chi connectivity index (χ4n) is 1.14. The first-order valence-corrected chi connectivity index (χ1v) is 5.78. The monoisotopic (exact) mass is 304 g/mol. The van der Waals surface area contributed by atoms with Gasteiger partial charge in [0, 0.05) is 17.1 Å². The number of nitrogens with two attached hydrogens (primary N) is 1. The van der Waals surface area contributed by atoms with E-state index in [0.717, 1.165) is 0 Å². The highest BCUT2D eigenvalue weighted by molar-refractivity contribution is 9.10. The highest BCUT2D eigenvalue weighted by Crippen LogP contribution is 2.25. The summed E-state index contributed by atoms with van der Waals surface area (Å²) in [5.41, 5.74) is 5.23. The predicted octanol–water partition coefficient (Wildman–Crippen LogP) is 1.71. The molecule has 1 aromatic carbocycles. The lowest BCUT2D eigenvalue weighted by atomic mass is 10.3. The van der Waals surface area contributed by atoms with Gasteiger partial charge in [0.2, 0.25) is 0 Å². The van der Waals surface area contributed by atoms with Crippen molar-refractivity contribution in [1.82, 2.24) is 0 Å². The maximum absolute atomic E-state index is 10.6. The molecule has 0 atom stereocenters. The molecule has 2 N–H and O–H groups in total. The third kappa shape index (κ3) is 5.12. The molecule has 94 valence electrons. The van der Waals surface area contributed by atoms with Gasteiger partial charge in [0.1, 0.15) is 12.4 Å². The van der Waals surface area contributed by atoms with E-state index in [1.54, 1.807) is 6.07 Å². The molecule has 0 fully saturated rings. The minimum atomic E-state index is -0.470. The van der Waals surface area contributed by atoms with Gasteiger partial charge in [0.25, 0.3) is 5.69 Å². The summed E-state index contributed by atoms with van der Waals surface area (Å²) in [6.45, 7) is 1.66. The maximum atomic E-state index is 10.6. The van der Waals surface area contributed by atoms with Gasteiger partial charge in [-0.2, -0.15) is 0 Å². The third-order valence-electron chi connectivity index (χ3n) is 1.83. The second-order valence-corrected chi connectivity index (χ2v) is 4.07. The Morgan fingerprint density at radius 3 is 2.71 bits per heavy atom. The molecule has 0 aromatic heterocycles. The molecule has 0 saturated heterocycles. The standard InChI is InChI=1S/C10H13BrN2O4/c11-8-5-9(13(14)15)7-10(6-8)17-4-3-16-2-1-12/h5-7H,1-4,12H2. The molecule has 7 heteroatoms. The molecule has 17 heavy (non-hydrogen) atoms. The Morgan fingerprint density at radius 2 is 2.06 bits per heavy atom. The zero-order chi connectivity index (χ0) is 12.7. The van der Waals surface area contributed by atoms with E-state index in [-0.39, 0.29) is 5.69 Å². The van der Waals surface area contributed by atoms with Crippen LogP contribution in [0.5, 0.6) is 5.75 Å². The minimum Gasteiger partial charge on any atom is -0.491 e. The van der Waals surface area contributed by atoms with Gasteiger partial charge in [0.15, 0.2) is 0 Å². The van der Waals surface area contributed by atoms with E-state index in [2.05, 4.69) is 15.9 Å². The largest absolute Gasteiger partial charge is 0.491 e. The summed E-state index contributed by atoms with van der Waals surface area (Å²) in [5.74, 6) is 0.433. The number of benzene rings is 1. The number of nitro groups is 1. The normalized spacial score (nSPS) is 10.2. The van der Waals surface area contributed by atoms with Crippen molar-refractivity contribution in [1.29, 1.82) is 0 Å². The molecule has 0 unspecified atom stereocenters. The van der Waals surface area contributed by atoms with Crippen LogP contribution in [0.3, 0.4) is 0 Å². The lowest BCUT2D eigenvalue weighted by molar-refractivity contribution is -0.385. The van der Waals surface area contributed by atoms with Gasteiger partial charge in [-0.05, 0) is 6.07 Å². The third-order valence-corrected chi connectivity index (χ3v) is 2.28. The van der Waals surface area contributed by atoms with Crippen LogP contribution in [0.4, 0.5) is 5.69 Å². The highest BCUT2D eigenvalue weighted by atomic mass is 79.9. The Labute approximate surface area is 107 Å². The first kappa shape index (κ1) is 13.9. The van der Waals surface area contributed by atoms with Crippen LogP contribution in [0.1, 0.15) is 0 Å². The predicted molar refractivity (Wildman–Crippen MR) is 66.2 cm³/mol. The minimum absolute atomic E-state index is 0.0164. The van der Waals surface area contributed by atoms with Crippen LogP contribution >= 0.6 is 15.9 Å². The SMILES string of the molecule is NCCOCCOc1cc(Br)cc([N+](=O)[O-])c1. The Hall–Kier alpha value is -1.18. The molecule has 0 aliphatic carbocycles. The summed E-state index contributed by atoms with van der Waals surface area (Å²) in [6.07, 6.45) is 0. The van der Waals surface area contributed by atoms with Gasteiger partial charge < -0.3 is 15.2 Å². The van der Waals surface area contributed by atoms with E-state index >= 15 is 0 Å². The van der Waals surface area contributed by atoms with Gasteiger partial charge in [-0.3, -0.25) is 10.1 Å². The molecular formula is C10H13BrN2O4. The van der Waals surface area contributed by atoms with Crippen LogP contribution in [0.2, 0.25) is 0 Å². The number of non-ortho nitro benzene ring substituents is 1. The topological polar surface area (TPSA) is 87.6 Å². The van der Waals surface area contributed by atoms with Crippen LogP contribution in [0, 0.1) is 10.1 Å². The van der Waals surface area contributed by atoms with Crippen molar-refractivity contribution in [2.45, 2.75) is 0 Å². The number of rotatable bonds is 7. The molecule has 6 nitrogen and oxygen atoms in total. The average Bonchev–Trinajstić information content (AvgIpc) is 2.28. The summed E-state index contributed by atoms with van der Waals surface area (Å²) >= 11 is 3.18. The van der Waals surface area contributed by atoms with Crippen LogP contribution < -0.4 is 10.5 Å². The maximum Gasteiger partial charge on any atom is 0.274 e. The van der Waals surface area contributed by atoms with Crippen LogP contribution in [-0.4, -0.2) is 31.3 Å². The fraction of sp³-hybridized carbons (Fsp3) is 0.400. The number of hydrogen-bond donors (Lipinski definition) is 1. The van der Waals surface area contributed by atoms with E-state index in [9.17, 15) is 10.1 Å². The fourth-order valence-corrected chi connectivity index (χ4v) is 1.60. The summed E-state index contributed by atoms with van der Waals surface area (Å²) in [7, 11) is 0. The molecular weight excluding hydrogens is 292 g/mol. The molecule has 0 aliphatic rings. The smallest absolute Gasteiger partial charge is 0.274 e. The lowest BCUT2D eigenvalue weighted by Crippen LogP contribution is -2.13. The average molecular weight is 305 g/mol. The first-order valence-electron chi connectivity index (χ1n) is 4.99. The van der Waals surface area contributed by atoms with Crippen molar-refractivity contribution < 1.29 is 14.4 Å². The summed E-state index contributed by atoms with van der Waals surface area (Å²) in [5, 5.41) is 10.6. The Bertz CT molecular complexity index is 387. The van der Waals surface area contributed by atoms with E-state index in [1.165, 1.54) is 12.1 Å². The molecule has 0 spiro atoms. The van der Waals surface area contributed by atoms with Crippen molar-refractivity contribution in [3.63, 3.8) is 0 Å². The Kier molecular flexibility index (Phi) is 5.88. The van der Waals surface area contributed by atoms with Gasteiger partial charge in [-0.15, -0.1) is 0 Å². The van der Waals surface area contributed by atoms with Crippen molar-refractivity contribution in [2.75, 3.05) is 26.4 Å². The van der Waals surface area contributed by atoms with Gasteiger partial charge in [-0.25, -0.2) is 0 Å². The molecule has 1 aromatic rings. The molecule has 0 radical (unpaired) electrons. The molecule has 1 rings (SSSR count). The number of hydrogen-bond acceptors (Lipinski definition) is 5. The zero-order valence-electron chi connectivity index (χ0n) is 9.10. The van der Waals surface area contributed by atoms with Crippen molar-refractivity contribution in [3.05, 3.63) is 32.8 Å². The molecule has 0 amide bonds. The molecule has 0 bridgehead atoms. The number of ether oxygens (including phenoxy) is 2. The Balaban J connectivity index is 2.50. The van der Waals surface area contributed by atoms with Crippen molar-refractivity contribution in [3.8, 4) is 5.75 Å². The summed E-state index contributed by atoms with van der Waals surface area (Å²) in [6, 6.07) is 4.45. The van der Waals surface area contributed by atoms with Crippen LogP contribution in [0.25, 0.3) is 0 Å². The van der Waals surface area contributed by atoms with E-state index in [1.807, 2.05) is 0 Å². The summed E-state index contributed by atoms with van der Waals surface area (Å²) < 4.78 is 11.0. The second-order valence-electron chi connectivity index (χ2n) is 3.15. The molecule has 0 saturated carbocycles. The second kappa shape index (κ2) is 7.21. The van der Waals surface area contributed by atoms with Gasteiger partial charge in [0.05, 0.1) is 24.2 Å². The van der Waals surface area contributed by atoms with Crippen molar-refractivity contribution >= 4 is 21.6 Å². The number of nitrogens with zero attached hydrogens (tertiary/aromatic N) is 1. The van der Waals surface area contributed by atoms with Crippen LogP contribution in [-0.2, 0) is 4.74 Å². The quantitative estimate of drug-likeness (QED) is 0.471. The van der Waals surface area contributed by atoms with E-state index in [0.29, 0.717) is 36.6 Å². The zero-order valence-corrected chi connectivity index (χ0v) is 10.7. The van der Waals surface area contributed by atoms with Crippen LogP contribution in [0.15, 0.2) is 22.7 Å². The van der Waals surface area contributed by atoms with Gasteiger partial charge >= 0.3 is 0 Å². The molecule has 0 aliphatic heterocycles.